The lowest BCUT2D eigenvalue weighted by molar-refractivity contribution is 0.669. The minimum atomic E-state index is 0.898. The third-order valence-corrected chi connectivity index (χ3v) is 10.7. The van der Waals surface area contributed by atoms with Crippen LogP contribution in [0.2, 0.25) is 0 Å². The fourth-order valence-corrected chi connectivity index (χ4v) is 8.32. The highest BCUT2D eigenvalue weighted by atomic mass is 16.3. The first-order valence-corrected chi connectivity index (χ1v) is 18.1. The lowest BCUT2D eigenvalue weighted by atomic mass is 10.0. The Labute approximate surface area is 306 Å². The normalized spacial score (nSPS) is 11.8. The molecule has 0 spiro atoms. The van der Waals surface area contributed by atoms with Gasteiger partial charge in [-0.25, -0.2) is 0 Å². The van der Waals surface area contributed by atoms with E-state index < -0.39 is 0 Å². The fourth-order valence-electron chi connectivity index (χ4n) is 8.32. The van der Waals surface area contributed by atoms with Crippen molar-refractivity contribution in [1.29, 1.82) is 0 Å². The molecule has 0 unspecified atom stereocenters. The molecule has 0 N–H and O–H groups in total. The van der Waals surface area contributed by atoms with E-state index in [-0.39, 0.29) is 0 Å². The second kappa shape index (κ2) is 11.7. The molecule has 3 nitrogen and oxygen atoms in total. The summed E-state index contributed by atoms with van der Waals surface area (Å²) in [6.07, 6.45) is 0. The van der Waals surface area contributed by atoms with Gasteiger partial charge in [0.2, 0.25) is 0 Å². The minimum absolute atomic E-state index is 0.898. The zero-order chi connectivity index (χ0) is 34.9. The second-order valence-corrected chi connectivity index (χ2v) is 13.7. The summed E-state index contributed by atoms with van der Waals surface area (Å²) in [5.41, 5.74) is 11.0. The number of nitrogens with zero attached hydrogens (tertiary/aromatic N) is 2. The maximum atomic E-state index is 6.21. The lowest BCUT2D eigenvalue weighted by Gasteiger charge is -2.28. The van der Waals surface area contributed by atoms with E-state index in [9.17, 15) is 0 Å². The molecule has 0 fully saturated rings. The van der Waals surface area contributed by atoms with Crippen molar-refractivity contribution >= 4 is 82.4 Å². The fraction of sp³-hybridized carbons (Fsp3) is 0. The van der Waals surface area contributed by atoms with E-state index in [1.807, 2.05) is 12.1 Å². The van der Waals surface area contributed by atoms with Crippen molar-refractivity contribution in [2.24, 2.45) is 0 Å². The van der Waals surface area contributed by atoms with Crippen LogP contribution < -0.4 is 4.90 Å². The predicted molar refractivity (Wildman–Crippen MR) is 223 cm³/mol. The van der Waals surface area contributed by atoms with Crippen molar-refractivity contribution in [1.82, 2.24) is 4.57 Å². The Morgan fingerprint density at radius 3 is 1.72 bits per heavy atom. The zero-order valence-corrected chi connectivity index (χ0v) is 28.8. The average molecular weight is 677 g/mol. The molecule has 0 atom stereocenters. The second-order valence-electron chi connectivity index (χ2n) is 13.7. The highest BCUT2D eigenvalue weighted by Crippen LogP contribution is 2.44. The van der Waals surface area contributed by atoms with Crippen molar-refractivity contribution in [3.63, 3.8) is 0 Å². The van der Waals surface area contributed by atoms with Gasteiger partial charge in [-0.15, -0.1) is 0 Å². The van der Waals surface area contributed by atoms with E-state index in [1.165, 1.54) is 43.4 Å². The number of hydrogen-bond acceptors (Lipinski definition) is 2. The van der Waals surface area contributed by atoms with E-state index in [0.29, 0.717) is 0 Å². The first-order valence-electron chi connectivity index (χ1n) is 18.1. The quantitative estimate of drug-likeness (QED) is 0.181. The van der Waals surface area contributed by atoms with Gasteiger partial charge < -0.3 is 13.9 Å². The van der Waals surface area contributed by atoms with E-state index in [4.69, 9.17) is 4.42 Å². The summed E-state index contributed by atoms with van der Waals surface area (Å²) in [7, 11) is 0. The molecule has 3 heteroatoms. The molecular weight excluding hydrogens is 645 g/mol. The van der Waals surface area contributed by atoms with Crippen molar-refractivity contribution in [2.75, 3.05) is 4.90 Å². The summed E-state index contributed by atoms with van der Waals surface area (Å²) in [5.74, 6) is 0. The van der Waals surface area contributed by atoms with Crippen LogP contribution in [0, 0.1) is 0 Å². The van der Waals surface area contributed by atoms with Gasteiger partial charge in [0.25, 0.3) is 0 Å². The molecule has 0 aliphatic heterocycles. The molecule has 0 aliphatic rings. The predicted octanol–water partition coefficient (Wildman–Crippen LogP) is 14.1. The highest BCUT2D eigenvalue weighted by molar-refractivity contribution is 6.12. The molecule has 11 rings (SSSR count). The summed E-state index contributed by atoms with van der Waals surface area (Å²) < 4.78 is 8.61. The number of hydrogen-bond donors (Lipinski definition) is 0. The molecule has 0 radical (unpaired) electrons. The van der Waals surface area contributed by atoms with Gasteiger partial charge in [0.15, 0.2) is 0 Å². The van der Waals surface area contributed by atoms with E-state index >= 15 is 0 Å². The molecule has 0 amide bonds. The maximum absolute atomic E-state index is 6.21. The Morgan fingerprint density at radius 2 is 0.943 bits per heavy atom. The van der Waals surface area contributed by atoms with E-state index in [1.54, 1.807) is 0 Å². The van der Waals surface area contributed by atoms with Crippen LogP contribution in [0.5, 0.6) is 0 Å². The molecule has 53 heavy (non-hydrogen) atoms. The summed E-state index contributed by atoms with van der Waals surface area (Å²) in [6, 6.07) is 69.9. The molecule has 2 aromatic heterocycles. The van der Waals surface area contributed by atoms with Crippen molar-refractivity contribution in [3.05, 3.63) is 194 Å². The van der Waals surface area contributed by atoms with Gasteiger partial charge in [-0.05, 0) is 82.6 Å². The van der Waals surface area contributed by atoms with Gasteiger partial charge in [0, 0.05) is 43.7 Å². The standard InChI is InChI=1S/C50H32N2O/c1-3-18-39-33(12-1)14-10-23-45(39)51(46-24-11-15-34-13-2-4-19-40(34)46)37-17-9-16-35(30-37)36-26-28-42-41-20-5-7-22-47(41)52(48(42)31-36)38-27-29-50-44(32-38)43-21-6-8-25-49(43)53-50/h1-32H. The zero-order valence-electron chi connectivity index (χ0n) is 28.8. The summed E-state index contributed by atoms with van der Waals surface area (Å²) >= 11 is 0. The number of rotatable bonds is 5. The molecule has 0 saturated carbocycles. The number of benzene rings is 9. The van der Waals surface area contributed by atoms with Crippen molar-refractivity contribution in [2.45, 2.75) is 0 Å². The number of anilines is 3. The number of aromatic nitrogens is 1. The van der Waals surface area contributed by atoms with Crippen LogP contribution in [-0.2, 0) is 0 Å². The molecule has 0 saturated heterocycles. The van der Waals surface area contributed by atoms with Gasteiger partial charge in [0.05, 0.1) is 22.4 Å². The smallest absolute Gasteiger partial charge is 0.135 e. The number of para-hydroxylation sites is 2. The molecule has 248 valence electrons. The Morgan fingerprint density at radius 1 is 0.358 bits per heavy atom. The van der Waals surface area contributed by atoms with Crippen LogP contribution in [0.15, 0.2) is 199 Å². The monoisotopic (exact) mass is 676 g/mol. The number of fused-ring (bicyclic) bond motifs is 8. The molecule has 0 aliphatic carbocycles. The first kappa shape index (κ1) is 29.6. The Bertz CT molecular complexity index is 3110. The topological polar surface area (TPSA) is 21.3 Å². The summed E-state index contributed by atoms with van der Waals surface area (Å²) in [4.78, 5) is 2.42. The van der Waals surface area contributed by atoms with E-state index in [0.717, 1.165) is 55.8 Å². The van der Waals surface area contributed by atoms with Crippen LogP contribution in [0.4, 0.5) is 17.1 Å². The highest BCUT2D eigenvalue weighted by Gasteiger charge is 2.19. The molecule has 9 aromatic carbocycles. The van der Waals surface area contributed by atoms with Crippen LogP contribution in [0.25, 0.3) is 82.1 Å². The molecule has 0 bridgehead atoms. The van der Waals surface area contributed by atoms with Gasteiger partial charge in [-0.2, -0.15) is 0 Å². The third-order valence-electron chi connectivity index (χ3n) is 10.7. The molecule has 11 aromatic rings. The van der Waals surface area contributed by atoms with Gasteiger partial charge in [0.1, 0.15) is 11.2 Å². The van der Waals surface area contributed by atoms with Crippen LogP contribution in [-0.4, -0.2) is 4.57 Å². The van der Waals surface area contributed by atoms with Crippen LogP contribution in [0.1, 0.15) is 0 Å². The number of furan rings is 1. The molecular formula is C50H32N2O. The minimum Gasteiger partial charge on any atom is -0.456 e. The first-order chi connectivity index (χ1) is 26.3. The lowest BCUT2D eigenvalue weighted by Crippen LogP contribution is -2.11. The van der Waals surface area contributed by atoms with Crippen molar-refractivity contribution < 1.29 is 4.42 Å². The van der Waals surface area contributed by atoms with Gasteiger partial charge in [-0.1, -0.05) is 133 Å². The third kappa shape index (κ3) is 4.68. The van der Waals surface area contributed by atoms with E-state index in [2.05, 4.69) is 191 Å². The summed E-state index contributed by atoms with van der Waals surface area (Å²) in [6.45, 7) is 0. The average Bonchev–Trinajstić information content (AvgIpc) is 3.76. The van der Waals surface area contributed by atoms with Gasteiger partial charge >= 0.3 is 0 Å². The molecule has 2 heterocycles. The Hall–Kier alpha value is -7.10. The SMILES string of the molecule is c1cc(-c2ccc3c4ccccc4n(-c4ccc5oc6ccccc6c5c4)c3c2)cc(N(c2cccc3ccccc23)c2cccc3ccccc23)c1. The maximum Gasteiger partial charge on any atom is 0.135 e. The van der Waals surface area contributed by atoms with Gasteiger partial charge in [-0.3, -0.25) is 0 Å². The Balaban J connectivity index is 1.12. The largest absolute Gasteiger partial charge is 0.456 e. The van der Waals surface area contributed by atoms with Crippen LogP contribution in [0.3, 0.4) is 0 Å². The van der Waals surface area contributed by atoms with Crippen molar-refractivity contribution in [3.8, 4) is 16.8 Å². The Kier molecular flexibility index (Phi) is 6.55. The summed E-state index contributed by atoms with van der Waals surface area (Å²) in [5, 5.41) is 9.56. The van der Waals surface area contributed by atoms with Crippen LogP contribution >= 0.6 is 0 Å².